The van der Waals surface area contributed by atoms with Gasteiger partial charge in [0.2, 0.25) is 5.89 Å². The van der Waals surface area contributed by atoms with Gasteiger partial charge in [0.05, 0.1) is 22.9 Å². The van der Waals surface area contributed by atoms with Crippen LogP contribution in [0.15, 0.2) is 23.0 Å². The lowest BCUT2D eigenvalue weighted by molar-refractivity contribution is 0.118. The summed E-state index contributed by atoms with van der Waals surface area (Å²) in [5.74, 6) is 1.81. The first-order chi connectivity index (χ1) is 11.6. The number of aromatic nitrogens is 3. The van der Waals surface area contributed by atoms with Gasteiger partial charge in [0.25, 0.3) is 0 Å². The maximum absolute atomic E-state index is 9.41. The standard InChI is InChI=1S/C17H20N6O/c1-12-20-16(24-21-12)17-4-6-22(2)9-14(17)10-23(11-17)15-8-19-5-3-13(15)7-18/h3,5,8,14H,4,6,9-11H2,1-2H3/t14-,17-/m1/s1. The number of aryl methyl sites for hydroxylation is 1. The van der Waals surface area contributed by atoms with Crippen LogP contribution in [0.4, 0.5) is 5.69 Å². The van der Waals surface area contributed by atoms with Gasteiger partial charge in [0.15, 0.2) is 5.82 Å². The SMILES string of the molecule is Cc1noc([C@@]23CCN(C)C[C@@H]2CN(c2cnccc2C#N)C3)n1. The molecular weight excluding hydrogens is 304 g/mol. The van der Waals surface area contributed by atoms with Crippen molar-refractivity contribution in [2.75, 3.05) is 38.1 Å². The van der Waals surface area contributed by atoms with Gasteiger partial charge in [0.1, 0.15) is 6.07 Å². The predicted molar refractivity (Wildman–Crippen MR) is 87.5 cm³/mol. The maximum Gasteiger partial charge on any atom is 0.235 e. The molecule has 4 rings (SSSR count). The third kappa shape index (κ3) is 2.26. The van der Waals surface area contributed by atoms with Crippen LogP contribution in [0.1, 0.15) is 23.7 Å². The van der Waals surface area contributed by atoms with Crippen LogP contribution in [0, 0.1) is 24.2 Å². The highest BCUT2D eigenvalue weighted by Gasteiger charge is 2.53. The average Bonchev–Trinajstić information content (AvgIpc) is 3.19. The summed E-state index contributed by atoms with van der Waals surface area (Å²) in [6.07, 6.45) is 4.43. The van der Waals surface area contributed by atoms with Gasteiger partial charge in [-0.2, -0.15) is 10.2 Å². The van der Waals surface area contributed by atoms with Gasteiger partial charge in [-0.3, -0.25) is 4.98 Å². The topological polar surface area (TPSA) is 82.1 Å². The second-order valence-electron chi connectivity index (χ2n) is 6.90. The Hall–Kier alpha value is -2.46. The fourth-order valence-electron chi connectivity index (χ4n) is 4.11. The summed E-state index contributed by atoms with van der Waals surface area (Å²) in [5.41, 5.74) is 1.41. The quantitative estimate of drug-likeness (QED) is 0.824. The number of pyridine rings is 1. The lowest BCUT2D eigenvalue weighted by Crippen LogP contribution is -2.48. The highest BCUT2D eigenvalue weighted by molar-refractivity contribution is 5.59. The van der Waals surface area contributed by atoms with E-state index in [4.69, 9.17) is 4.52 Å². The Labute approximate surface area is 140 Å². The smallest absolute Gasteiger partial charge is 0.235 e. The third-order valence-corrected chi connectivity index (χ3v) is 5.38. The van der Waals surface area contributed by atoms with Gasteiger partial charge in [-0.1, -0.05) is 5.16 Å². The van der Waals surface area contributed by atoms with Crippen molar-refractivity contribution in [3.63, 3.8) is 0 Å². The monoisotopic (exact) mass is 324 g/mol. The first kappa shape index (κ1) is 15.1. The number of rotatable bonds is 2. The van der Waals surface area contributed by atoms with Crippen molar-refractivity contribution in [2.24, 2.45) is 5.92 Å². The Bertz CT molecular complexity index is 796. The van der Waals surface area contributed by atoms with Crippen molar-refractivity contribution in [1.29, 1.82) is 5.26 Å². The lowest BCUT2D eigenvalue weighted by Gasteiger charge is -2.39. The summed E-state index contributed by atoms with van der Waals surface area (Å²) in [4.78, 5) is 13.4. The molecule has 0 amide bonds. The zero-order chi connectivity index (χ0) is 16.7. The number of likely N-dealkylation sites (tertiary alicyclic amines) is 1. The molecule has 2 aromatic rings. The van der Waals surface area contributed by atoms with E-state index in [2.05, 4.69) is 38.0 Å². The van der Waals surface area contributed by atoms with Crippen LogP contribution in [0.2, 0.25) is 0 Å². The predicted octanol–water partition coefficient (Wildman–Crippen LogP) is 1.35. The summed E-state index contributed by atoms with van der Waals surface area (Å²) < 4.78 is 5.60. The van der Waals surface area contributed by atoms with E-state index in [9.17, 15) is 5.26 Å². The van der Waals surface area contributed by atoms with Gasteiger partial charge in [-0.05, 0) is 33.0 Å². The molecule has 4 heterocycles. The molecule has 2 aliphatic rings. The molecule has 24 heavy (non-hydrogen) atoms. The molecule has 0 aliphatic carbocycles. The van der Waals surface area contributed by atoms with Crippen molar-refractivity contribution in [3.8, 4) is 6.07 Å². The summed E-state index contributed by atoms with van der Waals surface area (Å²) in [7, 11) is 2.15. The minimum Gasteiger partial charge on any atom is -0.368 e. The molecule has 7 nitrogen and oxygen atoms in total. The molecule has 0 radical (unpaired) electrons. The first-order valence-corrected chi connectivity index (χ1v) is 8.21. The fraction of sp³-hybridized carbons (Fsp3) is 0.529. The lowest BCUT2D eigenvalue weighted by atomic mass is 9.72. The fourth-order valence-corrected chi connectivity index (χ4v) is 4.11. The van der Waals surface area contributed by atoms with Crippen LogP contribution in [0.5, 0.6) is 0 Å². The van der Waals surface area contributed by atoms with Crippen molar-refractivity contribution >= 4 is 5.69 Å². The summed E-state index contributed by atoms with van der Waals surface area (Å²) in [6.45, 7) is 5.50. The minimum atomic E-state index is -0.143. The number of hydrogen-bond donors (Lipinski definition) is 0. The molecule has 0 bridgehead atoms. The normalized spacial score (nSPS) is 27.0. The zero-order valence-corrected chi connectivity index (χ0v) is 13.9. The molecule has 0 aromatic carbocycles. The van der Waals surface area contributed by atoms with Gasteiger partial charge < -0.3 is 14.3 Å². The summed E-state index contributed by atoms with van der Waals surface area (Å²) >= 11 is 0. The molecule has 2 atom stereocenters. The molecular formula is C17H20N6O. The van der Waals surface area contributed by atoms with Crippen molar-refractivity contribution < 1.29 is 4.52 Å². The van der Waals surface area contributed by atoms with Crippen molar-refractivity contribution in [3.05, 3.63) is 35.7 Å². The van der Waals surface area contributed by atoms with Crippen LogP contribution < -0.4 is 4.90 Å². The molecule has 0 spiro atoms. The molecule has 7 heteroatoms. The molecule has 124 valence electrons. The summed E-state index contributed by atoms with van der Waals surface area (Å²) in [5, 5.41) is 13.4. The van der Waals surface area contributed by atoms with Gasteiger partial charge >= 0.3 is 0 Å². The van der Waals surface area contributed by atoms with E-state index in [-0.39, 0.29) is 5.41 Å². The van der Waals surface area contributed by atoms with Crippen molar-refractivity contribution in [2.45, 2.75) is 18.8 Å². The molecule has 2 aliphatic heterocycles. The second kappa shape index (κ2) is 5.56. The molecule has 2 aromatic heterocycles. The molecule has 0 unspecified atom stereocenters. The van der Waals surface area contributed by atoms with Gasteiger partial charge in [-0.25, -0.2) is 0 Å². The molecule has 2 fully saturated rings. The van der Waals surface area contributed by atoms with Gasteiger partial charge in [-0.15, -0.1) is 0 Å². The Balaban J connectivity index is 1.74. The third-order valence-electron chi connectivity index (χ3n) is 5.38. The van der Waals surface area contributed by atoms with E-state index in [1.54, 1.807) is 18.5 Å². The van der Waals surface area contributed by atoms with Gasteiger partial charge in [0, 0.05) is 31.7 Å². The van der Waals surface area contributed by atoms with E-state index in [0.29, 0.717) is 17.3 Å². The van der Waals surface area contributed by atoms with Crippen LogP contribution in [0.25, 0.3) is 0 Å². The molecule has 0 saturated carbocycles. The first-order valence-electron chi connectivity index (χ1n) is 8.21. The van der Waals surface area contributed by atoms with E-state index < -0.39 is 0 Å². The number of nitriles is 1. The van der Waals surface area contributed by atoms with Crippen LogP contribution in [0.3, 0.4) is 0 Å². The van der Waals surface area contributed by atoms with E-state index in [0.717, 1.165) is 44.2 Å². The number of piperidine rings is 1. The van der Waals surface area contributed by atoms with E-state index >= 15 is 0 Å². The highest BCUT2D eigenvalue weighted by Crippen LogP contribution is 2.45. The second-order valence-corrected chi connectivity index (χ2v) is 6.90. The number of anilines is 1. The Morgan fingerprint density at radius 1 is 1.42 bits per heavy atom. The number of nitrogens with zero attached hydrogens (tertiary/aromatic N) is 6. The maximum atomic E-state index is 9.41. The zero-order valence-electron chi connectivity index (χ0n) is 13.9. The molecule has 0 N–H and O–H groups in total. The minimum absolute atomic E-state index is 0.143. The largest absolute Gasteiger partial charge is 0.368 e. The van der Waals surface area contributed by atoms with E-state index in [1.165, 1.54) is 0 Å². The highest BCUT2D eigenvalue weighted by atomic mass is 16.5. The van der Waals surface area contributed by atoms with Crippen molar-refractivity contribution in [1.82, 2.24) is 20.0 Å². The Kier molecular flexibility index (Phi) is 3.50. The van der Waals surface area contributed by atoms with Crippen LogP contribution in [-0.4, -0.2) is 53.3 Å². The average molecular weight is 324 g/mol. The Morgan fingerprint density at radius 2 is 2.29 bits per heavy atom. The summed E-state index contributed by atoms with van der Waals surface area (Å²) in [6, 6.07) is 4.05. The molecule has 2 saturated heterocycles. The Morgan fingerprint density at radius 3 is 3.04 bits per heavy atom. The van der Waals surface area contributed by atoms with E-state index in [1.807, 2.05) is 6.92 Å². The number of fused-ring (bicyclic) bond motifs is 1. The number of hydrogen-bond acceptors (Lipinski definition) is 7. The van der Waals surface area contributed by atoms with Crippen LogP contribution >= 0.6 is 0 Å². The van der Waals surface area contributed by atoms with Crippen LogP contribution in [-0.2, 0) is 5.41 Å².